The summed E-state index contributed by atoms with van der Waals surface area (Å²) in [6.45, 7) is 7.18. The Morgan fingerprint density at radius 2 is 2.20 bits per heavy atom. The minimum absolute atomic E-state index is 1.11. The van der Waals surface area contributed by atoms with Crippen LogP contribution in [0.4, 0.5) is 0 Å². The maximum Gasteiger partial charge on any atom is 0.0486 e. The molecule has 0 bridgehead atoms. The highest BCUT2D eigenvalue weighted by Crippen LogP contribution is 2.21. The van der Waals surface area contributed by atoms with Crippen LogP contribution < -0.4 is 0 Å². The van der Waals surface area contributed by atoms with Gasteiger partial charge in [-0.25, -0.2) is 0 Å². The monoisotopic (exact) mass is 199 g/mol. The van der Waals surface area contributed by atoms with Crippen LogP contribution in [-0.2, 0) is 6.54 Å². The summed E-state index contributed by atoms with van der Waals surface area (Å²) in [5.41, 5.74) is 2.54. The lowest BCUT2D eigenvalue weighted by Gasteiger charge is -2.04. The van der Waals surface area contributed by atoms with Gasteiger partial charge in [0.1, 0.15) is 0 Å². The molecule has 0 amide bonds. The fourth-order valence-corrected chi connectivity index (χ4v) is 1.95. The largest absolute Gasteiger partial charge is 0.347 e. The predicted octanol–water partition coefficient (Wildman–Crippen LogP) is 4.08. The summed E-state index contributed by atoms with van der Waals surface area (Å²) in [6.07, 6.45) is 6.57. The molecule has 1 aromatic heterocycles. The van der Waals surface area contributed by atoms with E-state index in [1.165, 1.54) is 29.3 Å². The average Bonchev–Trinajstić information content (AvgIpc) is 2.69. The molecule has 2 rings (SSSR count). The van der Waals surface area contributed by atoms with E-state index in [1.807, 2.05) is 6.08 Å². The van der Waals surface area contributed by atoms with E-state index in [2.05, 4.69) is 48.5 Å². The van der Waals surface area contributed by atoms with Crippen molar-refractivity contribution in [1.29, 1.82) is 0 Å². The van der Waals surface area contributed by atoms with Gasteiger partial charge in [0, 0.05) is 23.6 Å². The van der Waals surface area contributed by atoms with Gasteiger partial charge in [-0.2, -0.15) is 0 Å². The van der Waals surface area contributed by atoms with Crippen LogP contribution in [-0.4, -0.2) is 4.57 Å². The minimum Gasteiger partial charge on any atom is -0.347 e. The number of benzene rings is 1. The number of rotatable bonds is 4. The van der Waals surface area contributed by atoms with Crippen molar-refractivity contribution in [2.45, 2.75) is 26.3 Å². The van der Waals surface area contributed by atoms with Gasteiger partial charge in [-0.15, -0.1) is 0 Å². The van der Waals surface area contributed by atoms with Crippen molar-refractivity contribution in [3.8, 4) is 0 Å². The molecule has 15 heavy (non-hydrogen) atoms. The quantitative estimate of drug-likeness (QED) is 0.699. The van der Waals surface area contributed by atoms with Crippen LogP contribution in [0.5, 0.6) is 0 Å². The first-order chi connectivity index (χ1) is 7.36. The fourth-order valence-electron chi connectivity index (χ4n) is 1.95. The zero-order valence-electron chi connectivity index (χ0n) is 9.24. The Morgan fingerprint density at radius 1 is 1.33 bits per heavy atom. The molecule has 1 nitrogen and oxygen atoms in total. The van der Waals surface area contributed by atoms with Gasteiger partial charge in [-0.3, -0.25) is 0 Å². The van der Waals surface area contributed by atoms with Crippen molar-refractivity contribution in [3.63, 3.8) is 0 Å². The first-order valence-electron chi connectivity index (χ1n) is 5.57. The second-order valence-electron chi connectivity index (χ2n) is 3.85. The summed E-state index contributed by atoms with van der Waals surface area (Å²) in [5.74, 6) is 0. The van der Waals surface area contributed by atoms with Gasteiger partial charge in [-0.05, 0) is 24.1 Å². The van der Waals surface area contributed by atoms with E-state index in [1.54, 1.807) is 0 Å². The number of fused-ring (bicyclic) bond motifs is 1. The van der Waals surface area contributed by atoms with Crippen LogP contribution >= 0.6 is 0 Å². The van der Waals surface area contributed by atoms with Crippen LogP contribution in [0.15, 0.2) is 37.0 Å². The lowest BCUT2D eigenvalue weighted by Crippen LogP contribution is -1.94. The van der Waals surface area contributed by atoms with Crippen molar-refractivity contribution in [2.24, 2.45) is 0 Å². The highest BCUT2D eigenvalue weighted by Gasteiger charge is 2.02. The highest BCUT2D eigenvalue weighted by molar-refractivity contribution is 5.88. The molecule has 0 aliphatic heterocycles. The van der Waals surface area contributed by atoms with Crippen LogP contribution in [0.3, 0.4) is 0 Å². The standard InChI is InChI=1S/C14H17N/c1-3-5-10-15-11-9-13-12(4-2)7-6-8-14(13)15/h4,6-9,11H,2-3,5,10H2,1H3. The topological polar surface area (TPSA) is 4.93 Å². The molecule has 0 atom stereocenters. The number of nitrogens with zero attached hydrogens (tertiary/aromatic N) is 1. The van der Waals surface area contributed by atoms with Crippen LogP contribution in [0.2, 0.25) is 0 Å². The van der Waals surface area contributed by atoms with Crippen molar-refractivity contribution in [1.82, 2.24) is 4.57 Å². The molecule has 0 spiro atoms. The van der Waals surface area contributed by atoms with Crippen molar-refractivity contribution in [2.75, 3.05) is 0 Å². The Balaban J connectivity index is 2.46. The third kappa shape index (κ3) is 1.82. The Labute approximate surface area is 91.0 Å². The molecule has 1 heterocycles. The van der Waals surface area contributed by atoms with E-state index in [9.17, 15) is 0 Å². The molecular weight excluding hydrogens is 182 g/mol. The smallest absolute Gasteiger partial charge is 0.0486 e. The number of aromatic nitrogens is 1. The molecule has 78 valence electrons. The Kier molecular flexibility index (Phi) is 2.91. The second kappa shape index (κ2) is 4.35. The molecule has 0 radical (unpaired) electrons. The van der Waals surface area contributed by atoms with Crippen molar-refractivity contribution >= 4 is 17.0 Å². The van der Waals surface area contributed by atoms with E-state index >= 15 is 0 Å². The normalized spacial score (nSPS) is 10.7. The molecule has 0 unspecified atom stereocenters. The van der Waals surface area contributed by atoms with Gasteiger partial charge in [-0.1, -0.05) is 38.1 Å². The van der Waals surface area contributed by atoms with E-state index < -0.39 is 0 Å². The Hall–Kier alpha value is -1.50. The molecule has 1 aromatic carbocycles. The second-order valence-corrected chi connectivity index (χ2v) is 3.85. The molecule has 0 aliphatic rings. The van der Waals surface area contributed by atoms with Crippen LogP contribution in [0, 0.1) is 0 Å². The molecular formula is C14H17N. The maximum absolute atomic E-state index is 3.84. The van der Waals surface area contributed by atoms with Gasteiger partial charge in [0.2, 0.25) is 0 Å². The van der Waals surface area contributed by atoms with Gasteiger partial charge < -0.3 is 4.57 Å². The summed E-state index contributed by atoms with van der Waals surface area (Å²) in [4.78, 5) is 0. The third-order valence-corrected chi connectivity index (χ3v) is 2.82. The Bertz CT molecular complexity index is 465. The van der Waals surface area contributed by atoms with E-state index in [4.69, 9.17) is 0 Å². The molecule has 0 saturated heterocycles. The minimum atomic E-state index is 1.11. The number of hydrogen-bond donors (Lipinski definition) is 0. The molecule has 0 fully saturated rings. The fraction of sp³-hybridized carbons (Fsp3) is 0.286. The molecule has 0 saturated carbocycles. The zero-order valence-corrected chi connectivity index (χ0v) is 9.24. The molecule has 2 aromatic rings. The third-order valence-electron chi connectivity index (χ3n) is 2.82. The van der Waals surface area contributed by atoms with E-state index in [-0.39, 0.29) is 0 Å². The predicted molar refractivity (Wildman–Crippen MR) is 66.9 cm³/mol. The molecule has 1 heteroatoms. The number of unbranched alkanes of at least 4 members (excludes halogenated alkanes) is 1. The summed E-state index contributed by atoms with van der Waals surface area (Å²) >= 11 is 0. The summed E-state index contributed by atoms with van der Waals surface area (Å²) in [7, 11) is 0. The SMILES string of the molecule is C=Cc1cccc2c1ccn2CCCC. The van der Waals surface area contributed by atoms with Crippen molar-refractivity contribution < 1.29 is 0 Å². The lowest BCUT2D eigenvalue weighted by atomic mass is 10.1. The molecule has 0 N–H and O–H groups in total. The number of hydrogen-bond acceptors (Lipinski definition) is 0. The summed E-state index contributed by atoms with van der Waals surface area (Å²) < 4.78 is 2.33. The number of aryl methyl sites for hydroxylation is 1. The highest BCUT2D eigenvalue weighted by atomic mass is 14.9. The van der Waals surface area contributed by atoms with Gasteiger partial charge >= 0.3 is 0 Å². The van der Waals surface area contributed by atoms with Gasteiger partial charge in [0.15, 0.2) is 0 Å². The van der Waals surface area contributed by atoms with Gasteiger partial charge in [0.25, 0.3) is 0 Å². The lowest BCUT2D eigenvalue weighted by molar-refractivity contribution is 0.650. The van der Waals surface area contributed by atoms with Crippen molar-refractivity contribution in [3.05, 3.63) is 42.6 Å². The van der Waals surface area contributed by atoms with Crippen LogP contribution in [0.25, 0.3) is 17.0 Å². The first kappa shape index (κ1) is 10.0. The maximum atomic E-state index is 3.84. The Morgan fingerprint density at radius 3 is 2.93 bits per heavy atom. The first-order valence-corrected chi connectivity index (χ1v) is 5.57. The molecule has 0 aliphatic carbocycles. The van der Waals surface area contributed by atoms with E-state index in [0.717, 1.165) is 6.54 Å². The average molecular weight is 199 g/mol. The summed E-state index contributed by atoms with van der Waals surface area (Å²) in [5, 5.41) is 1.31. The van der Waals surface area contributed by atoms with Crippen LogP contribution in [0.1, 0.15) is 25.3 Å². The van der Waals surface area contributed by atoms with Gasteiger partial charge in [0.05, 0.1) is 0 Å². The zero-order chi connectivity index (χ0) is 10.7. The summed E-state index contributed by atoms with van der Waals surface area (Å²) in [6, 6.07) is 8.57. The van der Waals surface area contributed by atoms with E-state index in [0.29, 0.717) is 0 Å².